The van der Waals surface area contributed by atoms with E-state index < -0.39 is 5.41 Å². The first-order chi connectivity index (χ1) is 7.94. The summed E-state index contributed by atoms with van der Waals surface area (Å²) in [5.74, 6) is -0.239. The lowest BCUT2D eigenvalue weighted by atomic mass is 9.74. The van der Waals surface area contributed by atoms with Crippen LogP contribution in [0.3, 0.4) is 0 Å². The lowest BCUT2D eigenvalue weighted by Crippen LogP contribution is -2.32. The zero-order valence-corrected chi connectivity index (χ0v) is 10.4. The quantitative estimate of drug-likeness (QED) is 0.729. The van der Waals surface area contributed by atoms with Gasteiger partial charge in [0.1, 0.15) is 0 Å². The van der Waals surface area contributed by atoms with E-state index in [1.54, 1.807) is 18.2 Å². The number of carbonyl (C=O) groups excluding carboxylic acids is 2. The van der Waals surface area contributed by atoms with Gasteiger partial charge in [0.05, 0.1) is 5.92 Å². The Hall–Kier alpha value is -1.70. The third kappa shape index (κ3) is 1.84. The average Bonchev–Trinajstić information content (AvgIpc) is 2.49. The Kier molecular flexibility index (Phi) is 2.74. The molecule has 0 amide bonds. The molecule has 0 aliphatic heterocycles. The Balaban J connectivity index is 2.39. The van der Waals surface area contributed by atoms with E-state index in [2.05, 4.69) is 0 Å². The summed E-state index contributed by atoms with van der Waals surface area (Å²) in [6, 6.07) is 9.17. The molecular formula is C15H16O2. The van der Waals surface area contributed by atoms with Gasteiger partial charge in [-0.2, -0.15) is 0 Å². The third-order valence-corrected chi connectivity index (χ3v) is 3.49. The molecule has 0 saturated carbocycles. The van der Waals surface area contributed by atoms with Crippen LogP contribution in [0.2, 0.25) is 0 Å². The average molecular weight is 228 g/mol. The Morgan fingerprint density at radius 1 is 1.18 bits per heavy atom. The van der Waals surface area contributed by atoms with E-state index in [9.17, 15) is 9.59 Å². The largest absolute Gasteiger partial charge is 0.294 e. The second-order valence-electron chi connectivity index (χ2n) is 5.14. The minimum atomic E-state index is -0.614. The zero-order valence-electron chi connectivity index (χ0n) is 10.4. The predicted molar refractivity (Wildman–Crippen MR) is 66.8 cm³/mol. The van der Waals surface area contributed by atoms with Crippen LogP contribution in [0, 0.1) is 11.3 Å². The highest BCUT2D eigenvalue weighted by atomic mass is 16.1. The summed E-state index contributed by atoms with van der Waals surface area (Å²) >= 11 is 0. The molecule has 0 spiro atoms. The summed E-state index contributed by atoms with van der Waals surface area (Å²) in [4.78, 5) is 24.2. The monoisotopic (exact) mass is 228 g/mol. The third-order valence-electron chi connectivity index (χ3n) is 3.49. The summed E-state index contributed by atoms with van der Waals surface area (Å²) in [5, 5.41) is 0. The van der Waals surface area contributed by atoms with Gasteiger partial charge in [0, 0.05) is 11.0 Å². The van der Waals surface area contributed by atoms with Gasteiger partial charge in [-0.05, 0) is 13.0 Å². The van der Waals surface area contributed by atoms with E-state index in [4.69, 9.17) is 0 Å². The van der Waals surface area contributed by atoms with Gasteiger partial charge in [-0.3, -0.25) is 9.59 Å². The lowest BCUT2D eigenvalue weighted by molar-refractivity contribution is -0.122. The van der Waals surface area contributed by atoms with Crippen molar-refractivity contribution in [1.82, 2.24) is 0 Å². The van der Waals surface area contributed by atoms with Crippen molar-refractivity contribution in [3.8, 4) is 0 Å². The molecular weight excluding hydrogens is 212 g/mol. The van der Waals surface area contributed by atoms with Gasteiger partial charge in [0.15, 0.2) is 11.6 Å². The van der Waals surface area contributed by atoms with Crippen molar-refractivity contribution in [2.24, 2.45) is 11.3 Å². The van der Waals surface area contributed by atoms with Gasteiger partial charge in [-0.1, -0.05) is 49.8 Å². The van der Waals surface area contributed by atoms with Crippen LogP contribution in [0.4, 0.5) is 0 Å². The summed E-state index contributed by atoms with van der Waals surface area (Å²) in [6.45, 7) is 5.54. The van der Waals surface area contributed by atoms with Crippen LogP contribution in [0.1, 0.15) is 31.1 Å². The molecule has 1 aliphatic carbocycles. The molecule has 1 unspecified atom stereocenters. The Bertz CT molecular complexity index is 495. The molecule has 1 aliphatic rings. The predicted octanol–water partition coefficient (Wildman–Crippen LogP) is 3.04. The number of carbonyl (C=O) groups is 2. The second kappa shape index (κ2) is 3.95. The maximum absolute atomic E-state index is 12.4. The molecule has 0 aromatic heterocycles. The van der Waals surface area contributed by atoms with E-state index in [1.165, 1.54) is 0 Å². The van der Waals surface area contributed by atoms with Crippen molar-refractivity contribution in [3.63, 3.8) is 0 Å². The molecule has 1 aromatic rings. The fourth-order valence-corrected chi connectivity index (χ4v) is 2.49. The molecule has 0 radical (unpaired) electrons. The molecule has 17 heavy (non-hydrogen) atoms. The highest BCUT2D eigenvalue weighted by Crippen LogP contribution is 2.41. The molecule has 1 aromatic carbocycles. The van der Waals surface area contributed by atoms with E-state index in [0.29, 0.717) is 5.56 Å². The van der Waals surface area contributed by atoms with Crippen molar-refractivity contribution in [2.75, 3.05) is 0 Å². The molecule has 0 heterocycles. The Morgan fingerprint density at radius 2 is 1.76 bits per heavy atom. The standard InChI is InChI=1S/C15H16O2/c1-10-9-12(16)15(2,3)13(10)14(17)11-7-5-4-6-8-11/h4-9,13H,1-3H3. The summed E-state index contributed by atoms with van der Waals surface area (Å²) in [6.07, 6.45) is 1.60. The van der Waals surface area contributed by atoms with E-state index in [0.717, 1.165) is 5.57 Å². The minimum absolute atomic E-state index is 0.0372. The number of rotatable bonds is 2. The van der Waals surface area contributed by atoms with Gasteiger partial charge in [0.25, 0.3) is 0 Å². The molecule has 0 saturated heterocycles. The molecule has 2 rings (SSSR count). The van der Waals surface area contributed by atoms with Gasteiger partial charge in [0.2, 0.25) is 0 Å². The van der Waals surface area contributed by atoms with Crippen LogP contribution in [-0.4, -0.2) is 11.6 Å². The highest BCUT2D eigenvalue weighted by molar-refractivity contribution is 6.09. The lowest BCUT2D eigenvalue weighted by Gasteiger charge is -2.26. The van der Waals surface area contributed by atoms with E-state index >= 15 is 0 Å². The fourth-order valence-electron chi connectivity index (χ4n) is 2.49. The van der Waals surface area contributed by atoms with Crippen molar-refractivity contribution >= 4 is 11.6 Å². The van der Waals surface area contributed by atoms with Crippen molar-refractivity contribution in [2.45, 2.75) is 20.8 Å². The molecule has 88 valence electrons. The fraction of sp³-hybridized carbons (Fsp3) is 0.333. The van der Waals surface area contributed by atoms with Crippen LogP contribution >= 0.6 is 0 Å². The summed E-state index contributed by atoms with van der Waals surface area (Å²) < 4.78 is 0. The van der Waals surface area contributed by atoms with E-state index in [1.807, 2.05) is 39.0 Å². The Morgan fingerprint density at radius 3 is 2.24 bits per heavy atom. The second-order valence-corrected chi connectivity index (χ2v) is 5.14. The first kappa shape index (κ1) is 11.8. The number of allylic oxidation sites excluding steroid dienone is 2. The van der Waals surface area contributed by atoms with Crippen molar-refractivity contribution < 1.29 is 9.59 Å². The minimum Gasteiger partial charge on any atom is -0.294 e. The molecule has 1 atom stereocenters. The molecule has 2 heteroatoms. The van der Waals surface area contributed by atoms with Gasteiger partial charge >= 0.3 is 0 Å². The number of Topliss-reactive ketones (excluding diaryl/α,β-unsaturated/α-hetero) is 1. The smallest absolute Gasteiger partial charge is 0.170 e. The molecule has 2 nitrogen and oxygen atoms in total. The number of benzene rings is 1. The van der Waals surface area contributed by atoms with Crippen molar-refractivity contribution in [1.29, 1.82) is 0 Å². The normalized spacial score (nSPS) is 22.4. The van der Waals surface area contributed by atoms with Gasteiger partial charge in [-0.25, -0.2) is 0 Å². The molecule has 0 bridgehead atoms. The Labute approximate surface area is 101 Å². The van der Waals surface area contributed by atoms with Gasteiger partial charge in [-0.15, -0.1) is 0 Å². The highest BCUT2D eigenvalue weighted by Gasteiger charge is 2.45. The number of hydrogen-bond acceptors (Lipinski definition) is 2. The first-order valence-corrected chi connectivity index (χ1v) is 5.76. The maximum atomic E-state index is 12.4. The van der Waals surface area contributed by atoms with Crippen LogP contribution in [0.25, 0.3) is 0 Å². The van der Waals surface area contributed by atoms with E-state index in [-0.39, 0.29) is 17.5 Å². The van der Waals surface area contributed by atoms with Crippen LogP contribution in [-0.2, 0) is 4.79 Å². The van der Waals surface area contributed by atoms with Gasteiger partial charge < -0.3 is 0 Å². The van der Waals surface area contributed by atoms with Crippen molar-refractivity contribution in [3.05, 3.63) is 47.5 Å². The maximum Gasteiger partial charge on any atom is 0.170 e. The SMILES string of the molecule is CC1=CC(=O)C(C)(C)C1C(=O)c1ccccc1. The number of hydrogen-bond donors (Lipinski definition) is 0. The molecule has 0 fully saturated rings. The number of ketones is 2. The first-order valence-electron chi connectivity index (χ1n) is 5.76. The van der Waals surface area contributed by atoms with Crippen LogP contribution < -0.4 is 0 Å². The summed E-state index contributed by atoms with van der Waals surface area (Å²) in [7, 11) is 0. The topological polar surface area (TPSA) is 34.1 Å². The van der Waals surface area contributed by atoms with Crippen LogP contribution in [0.15, 0.2) is 42.0 Å². The van der Waals surface area contributed by atoms with Crippen LogP contribution in [0.5, 0.6) is 0 Å². The summed E-state index contributed by atoms with van der Waals surface area (Å²) in [5.41, 5.74) is 0.929. The zero-order chi connectivity index (χ0) is 12.6. The molecule has 0 N–H and O–H groups in total.